The van der Waals surface area contributed by atoms with Crippen LogP contribution in [0.5, 0.6) is 0 Å². The molecule has 1 heterocycles. The van der Waals surface area contributed by atoms with Crippen LogP contribution in [-0.4, -0.2) is 13.1 Å². The molecule has 19 heavy (non-hydrogen) atoms. The standard InChI is InChI=1S/C18H27N/c1-2-4-17(5-3-1)18-10-8-15(9-11-18)6-7-16-12-13-19-14-16/h8-11,16-17,19H,1-7,12-14H2. The number of hydrogen-bond donors (Lipinski definition) is 1. The summed E-state index contributed by atoms with van der Waals surface area (Å²) in [7, 11) is 0. The maximum Gasteiger partial charge on any atom is -0.00199 e. The molecule has 0 amide bonds. The van der Waals surface area contributed by atoms with Crippen molar-refractivity contribution in [2.45, 2.75) is 57.3 Å². The van der Waals surface area contributed by atoms with Crippen molar-refractivity contribution >= 4 is 0 Å². The van der Waals surface area contributed by atoms with Gasteiger partial charge in [0.25, 0.3) is 0 Å². The Bertz CT molecular complexity index is 369. The second-order valence-electron chi connectivity index (χ2n) is 6.47. The maximum absolute atomic E-state index is 3.46. The lowest BCUT2D eigenvalue weighted by Crippen LogP contribution is -2.09. The van der Waals surface area contributed by atoms with E-state index in [-0.39, 0.29) is 0 Å². The number of aryl methyl sites for hydroxylation is 1. The fraction of sp³-hybridized carbons (Fsp3) is 0.667. The Balaban J connectivity index is 1.52. The van der Waals surface area contributed by atoms with Crippen molar-refractivity contribution in [2.24, 2.45) is 5.92 Å². The van der Waals surface area contributed by atoms with E-state index in [9.17, 15) is 0 Å². The third-order valence-corrected chi connectivity index (χ3v) is 5.06. The Kier molecular flexibility index (Phi) is 4.55. The molecular weight excluding hydrogens is 230 g/mol. The van der Waals surface area contributed by atoms with Crippen molar-refractivity contribution in [3.63, 3.8) is 0 Å². The van der Waals surface area contributed by atoms with Crippen molar-refractivity contribution in [1.29, 1.82) is 0 Å². The normalized spacial score (nSPS) is 24.7. The second-order valence-corrected chi connectivity index (χ2v) is 6.47. The van der Waals surface area contributed by atoms with E-state index >= 15 is 0 Å². The summed E-state index contributed by atoms with van der Waals surface area (Å²) in [5.74, 6) is 1.76. The number of rotatable bonds is 4. The van der Waals surface area contributed by atoms with Gasteiger partial charge in [0.1, 0.15) is 0 Å². The van der Waals surface area contributed by atoms with Gasteiger partial charge in [0.05, 0.1) is 0 Å². The van der Waals surface area contributed by atoms with Gasteiger partial charge >= 0.3 is 0 Å². The zero-order valence-electron chi connectivity index (χ0n) is 12.0. The zero-order valence-corrected chi connectivity index (χ0v) is 12.0. The lowest BCUT2D eigenvalue weighted by molar-refractivity contribution is 0.443. The predicted molar refractivity (Wildman–Crippen MR) is 81.6 cm³/mol. The van der Waals surface area contributed by atoms with E-state index in [2.05, 4.69) is 29.6 Å². The van der Waals surface area contributed by atoms with Crippen molar-refractivity contribution < 1.29 is 0 Å². The van der Waals surface area contributed by atoms with Gasteiger partial charge in [-0.1, -0.05) is 43.5 Å². The SMILES string of the molecule is c1cc(C2CCCCC2)ccc1CCC1CCNC1. The molecule has 1 aliphatic heterocycles. The Morgan fingerprint density at radius 2 is 1.74 bits per heavy atom. The van der Waals surface area contributed by atoms with Gasteiger partial charge < -0.3 is 5.32 Å². The van der Waals surface area contributed by atoms with Crippen LogP contribution in [0.4, 0.5) is 0 Å². The molecule has 1 saturated heterocycles. The fourth-order valence-electron chi connectivity index (χ4n) is 3.72. The van der Waals surface area contributed by atoms with Crippen LogP contribution in [0.2, 0.25) is 0 Å². The molecule has 1 nitrogen and oxygen atoms in total. The monoisotopic (exact) mass is 257 g/mol. The lowest BCUT2D eigenvalue weighted by atomic mass is 9.84. The van der Waals surface area contributed by atoms with Crippen LogP contribution < -0.4 is 5.32 Å². The summed E-state index contributed by atoms with van der Waals surface area (Å²) >= 11 is 0. The molecule has 1 aromatic rings. The van der Waals surface area contributed by atoms with Gasteiger partial charge in [-0.3, -0.25) is 0 Å². The van der Waals surface area contributed by atoms with Gasteiger partial charge in [-0.05, 0) is 68.2 Å². The summed E-state index contributed by atoms with van der Waals surface area (Å²) < 4.78 is 0. The zero-order chi connectivity index (χ0) is 12.9. The molecule has 104 valence electrons. The van der Waals surface area contributed by atoms with E-state index in [0.717, 1.165) is 11.8 Å². The minimum absolute atomic E-state index is 0.849. The predicted octanol–water partition coefficient (Wildman–Crippen LogP) is 4.28. The highest BCUT2D eigenvalue weighted by Gasteiger charge is 2.16. The number of nitrogens with one attached hydrogen (secondary N) is 1. The molecule has 1 saturated carbocycles. The Morgan fingerprint density at radius 1 is 0.947 bits per heavy atom. The molecule has 1 aliphatic carbocycles. The second kappa shape index (κ2) is 6.56. The number of benzene rings is 1. The van der Waals surface area contributed by atoms with Crippen LogP contribution in [0.15, 0.2) is 24.3 Å². The Hall–Kier alpha value is -0.820. The fourth-order valence-corrected chi connectivity index (χ4v) is 3.72. The van der Waals surface area contributed by atoms with Gasteiger partial charge in [0.2, 0.25) is 0 Å². The van der Waals surface area contributed by atoms with Crippen LogP contribution in [0, 0.1) is 5.92 Å². The summed E-state index contributed by atoms with van der Waals surface area (Å²) in [5, 5.41) is 3.46. The molecule has 0 aromatic heterocycles. The summed E-state index contributed by atoms with van der Waals surface area (Å²) in [4.78, 5) is 0. The molecule has 1 N–H and O–H groups in total. The first kappa shape index (κ1) is 13.2. The molecule has 0 radical (unpaired) electrons. The highest BCUT2D eigenvalue weighted by Crippen LogP contribution is 2.32. The molecule has 0 spiro atoms. The van der Waals surface area contributed by atoms with E-state index in [4.69, 9.17) is 0 Å². The van der Waals surface area contributed by atoms with Crippen LogP contribution in [-0.2, 0) is 6.42 Å². The van der Waals surface area contributed by atoms with Crippen molar-refractivity contribution in [1.82, 2.24) is 5.32 Å². The van der Waals surface area contributed by atoms with Gasteiger partial charge in [-0.2, -0.15) is 0 Å². The van der Waals surface area contributed by atoms with Gasteiger partial charge in [-0.25, -0.2) is 0 Å². The molecule has 1 unspecified atom stereocenters. The van der Waals surface area contributed by atoms with Crippen molar-refractivity contribution in [3.05, 3.63) is 35.4 Å². The molecule has 2 aliphatic rings. The molecule has 2 fully saturated rings. The molecule has 1 heteroatoms. The Labute approximate surface area is 117 Å². The lowest BCUT2D eigenvalue weighted by Gasteiger charge is -2.22. The van der Waals surface area contributed by atoms with Crippen LogP contribution in [0.25, 0.3) is 0 Å². The largest absolute Gasteiger partial charge is 0.316 e. The maximum atomic E-state index is 3.46. The first-order valence-electron chi connectivity index (χ1n) is 8.21. The van der Waals surface area contributed by atoms with Gasteiger partial charge in [0, 0.05) is 0 Å². The first-order chi connectivity index (χ1) is 9.42. The van der Waals surface area contributed by atoms with E-state index in [1.807, 2.05) is 0 Å². The minimum Gasteiger partial charge on any atom is -0.316 e. The molecule has 1 aromatic carbocycles. The molecule has 1 atom stereocenters. The third kappa shape index (κ3) is 3.60. The quantitative estimate of drug-likeness (QED) is 0.849. The first-order valence-corrected chi connectivity index (χ1v) is 8.21. The highest BCUT2D eigenvalue weighted by molar-refractivity contribution is 5.25. The van der Waals surface area contributed by atoms with Crippen LogP contribution in [0.1, 0.15) is 62.0 Å². The summed E-state index contributed by atoms with van der Waals surface area (Å²) in [6.07, 6.45) is 11.1. The number of hydrogen-bond acceptors (Lipinski definition) is 1. The smallest absolute Gasteiger partial charge is 0.00199 e. The van der Waals surface area contributed by atoms with E-state index in [1.165, 1.54) is 70.0 Å². The van der Waals surface area contributed by atoms with Crippen LogP contribution in [0.3, 0.4) is 0 Å². The highest BCUT2D eigenvalue weighted by atomic mass is 14.9. The van der Waals surface area contributed by atoms with E-state index in [0.29, 0.717) is 0 Å². The van der Waals surface area contributed by atoms with Gasteiger partial charge in [-0.15, -0.1) is 0 Å². The summed E-state index contributed by atoms with van der Waals surface area (Å²) in [6, 6.07) is 9.56. The summed E-state index contributed by atoms with van der Waals surface area (Å²) in [5.41, 5.74) is 3.12. The average Bonchev–Trinajstić information content (AvgIpc) is 3.00. The average molecular weight is 257 g/mol. The van der Waals surface area contributed by atoms with E-state index < -0.39 is 0 Å². The third-order valence-electron chi connectivity index (χ3n) is 5.06. The Morgan fingerprint density at radius 3 is 2.42 bits per heavy atom. The molecular formula is C18H27N. The topological polar surface area (TPSA) is 12.0 Å². The molecule has 0 bridgehead atoms. The van der Waals surface area contributed by atoms with Crippen molar-refractivity contribution in [2.75, 3.05) is 13.1 Å². The summed E-state index contributed by atoms with van der Waals surface area (Å²) in [6.45, 7) is 2.46. The molecule has 3 rings (SSSR count). The van der Waals surface area contributed by atoms with Gasteiger partial charge in [0.15, 0.2) is 0 Å². The minimum atomic E-state index is 0.849. The van der Waals surface area contributed by atoms with Crippen molar-refractivity contribution in [3.8, 4) is 0 Å². The van der Waals surface area contributed by atoms with Crippen LogP contribution >= 0.6 is 0 Å². The van der Waals surface area contributed by atoms with E-state index in [1.54, 1.807) is 5.56 Å².